The third kappa shape index (κ3) is 3.57. The first-order chi connectivity index (χ1) is 9.45. The summed E-state index contributed by atoms with van der Waals surface area (Å²) in [5.74, 6) is -1.55. The second kappa shape index (κ2) is 6.79. The minimum atomic E-state index is -4.09. The van der Waals surface area contributed by atoms with Crippen molar-refractivity contribution in [3.63, 3.8) is 0 Å². The molecule has 2 rings (SSSR count). The van der Waals surface area contributed by atoms with Gasteiger partial charge >= 0.3 is 6.18 Å². The highest BCUT2D eigenvalue weighted by Crippen LogP contribution is 2.48. The molecule has 0 radical (unpaired) electrons. The summed E-state index contributed by atoms with van der Waals surface area (Å²) in [6.07, 6.45) is -1.61. The average Bonchev–Trinajstić information content (AvgIpc) is 2.81. The van der Waals surface area contributed by atoms with Crippen LogP contribution in [0.2, 0.25) is 0 Å². The van der Waals surface area contributed by atoms with Crippen molar-refractivity contribution in [2.45, 2.75) is 44.8 Å². The average molecular weight is 370 g/mol. The summed E-state index contributed by atoms with van der Waals surface area (Å²) in [5.41, 5.74) is 0. The Morgan fingerprint density at radius 1 is 1.40 bits per heavy atom. The van der Waals surface area contributed by atoms with Crippen LogP contribution in [0.3, 0.4) is 0 Å². The van der Waals surface area contributed by atoms with Crippen LogP contribution in [0.5, 0.6) is 0 Å². The zero-order valence-electron chi connectivity index (χ0n) is 11.3. The highest BCUT2D eigenvalue weighted by molar-refractivity contribution is 9.10. The Morgan fingerprint density at radius 2 is 2.10 bits per heavy atom. The predicted molar refractivity (Wildman–Crippen MR) is 79.9 cm³/mol. The van der Waals surface area contributed by atoms with Crippen LogP contribution < -0.4 is 5.32 Å². The summed E-state index contributed by atoms with van der Waals surface area (Å²) in [6.45, 7) is 2.62. The molecule has 1 fully saturated rings. The molecule has 0 aromatic carbocycles. The topological polar surface area (TPSA) is 12.0 Å². The van der Waals surface area contributed by atoms with Gasteiger partial charge in [0.05, 0.1) is 5.92 Å². The number of thiophene rings is 1. The summed E-state index contributed by atoms with van der Waals surface area (Å²) in [4.78, 5) is 0.994. The third-order valence-electron chi connectivity index (χ3n) is 4.02. The van der Waals surface area contributed by atoms with E-state index >= 15 is 0 Å². The number of nitrogens with one attached hydrogen (secondary N) is 1. The molecule has 3 atom stereocenters. The monoisotopic (exact) mass is 369 g/mol. The van der Waals surface area contributed by atoms with Gasteiger partial charge in [-0.25, -0.2) is 0 Å². The first-order valence-electron chi connectivity index (χ1n) is 6.98. The van der Waals surface area contributed by atoms with Gasteiger partial charge in [-0.2, -0.15) is 13.2 Å². The highest BCUT2D eigenvalue weighted by Gasteiger charge is 2.48. The number of hydrogen-bond donors (Lipinski definition) is 1. The zero-order valence-corrected chi connectivity index (χ0v) is 13.7. The van der Waals surface area contributed by atoms with Crippen LogP contribution in [0.15, 0.2) is 15.9 Å². The van der Waals surface area contributed by atoms with Crippen LogP contribution in [-0.4, -0.2) is 12.7 Å². The van der Waals surface area contributed by atoms with E-state index in [0.29, 0.717) is 19.4 Å². The lowest BCUT2D eigenvalue weighted by Crippen LogP contribution is -2.40. The van der Waals surface area contributed by atoms with Gasteiger partial charge in [0.2, 0.25) is 0 Å². The predicted octanol–water partition coefficient (Wildman–Crippen LogP) is 5.53. The second-order valence-corrected chi connectivity index (χ2v) is 7.07. The van der Waals surface area contributed by atoms with Crippen molar-refractivity contribution in [3.8, 4) is 0 Å². The quantitative estimate of drug-likeness (QED) is 0.735. The minimum absolute atomic E-state index is 0.207. The van der Waals surface area contributed by atoms with Gasteiger partial charge in [-0.05, 0) is 52.7 Å². The maximum absolute atomic E-state index is 13.3. The van der Waals surface area contributed by atoms with Gasteiger partial charge < -0.3 is 5.32 Å². The molecule has 1 saturated carbocycles. The number of halogens is 4. The van der Waals surface area contributed by atoms with Crippen LogP contribution in [0.1, 0.15) is 43.5 Å². The number of rotatable bonds is 4. The first kappa shape index (κ1) is 16.3. The fourth-order valence-electron chi connectivity index (χ4n) is 3.15. The lowest BCUT2D eigenvalue weighted by Gasteiger charge is -2.38. The van der Waals surface area contributed by atoms with E-state index in [9.17, 15) is 13.2 Å². The van der Waals surface area contributed by atoms with Crippen LogP contribution in [-0.2, 0) is 0 Å². The Labute approximate surface area is 130 Å². The lowest BCUT2D eigenvalue weighted by atomic mass is 9.74. The van der Waals surface area contributed by atoms with Crippen molar-refractivity contribution < 1.29 is 13.2 Å². The number of hydrogen-bond acceptors (Lipinski definition) is 2. The molecule has 1 N–H and O–H groups in total. The van der Waals surface area contributed by atoms with E-state index < -0.39 is 12.1 Å². The molecule has 0 bridgehead atoms. The van der Waals surface area contributed by atoms with Gasteiger partial charge in [-0.15, -0.1) is 11.3 Å². The highest BCUT2D eigenvalue weighted by atomic mass is 79.9. The Balaban J connectivity index is 2.29. The van der Waals surface area contributed by atoms with Crippen molar-refractivity contribution in [1.82, 2.24) is 5.32 Å². The minimum Gasteiger partial charge on any atom is -0.309 e. The molecule has 114 valence electrons. The van der Waals surface area contributed by atoms with E-state index in [-0.39, 0.29) is 18.4 Å². The second-order valence-electron chi connectivity index (χ2n) is 5.26. The van der Waals surface area contributed by atoms with E-state index in [1.54, 1.807) is 0 Å². The summed E-state index contributed by atoms with van der Waals surface area (Å²) < 4.78 is 40.8. The third-order valence-corrected chi connectivity index (χ3v) is 5.97. The van der Waals surface area contributed by atoms with E-state index in [1.165, 1.54) is 11.3 Å². The Morgan fingerprint density at radius 3 is 2.65 bits per heavy atom. The van der Waals surface area contributed by atoms with Gasteiger partial charge in [0, 0.05) is 15.4 Å². The number of alkyl halides is 3. The summed E-state index contributed by atoms with van der Waals surface area (Å²) in [6, 6.07) is 1.71. The standard InChI is InChI=1S/C14H19BrF3NS/c1-2-19-12(13-11(15)7-8-20-13)9-5-3-4-6-10(9)14(16,17)18/h7-10,12,19H,2-6H2,1H3. The molecule has 1 nitrogen and oxygen atoms in total. The molecule has 6 heteroatoms. The normalized spacial score (nSPS) is 25.6. The maximum atomic E-state index is 13.3. The lowest BCUT2D eigenvalue weighted by molar-refractivity contribution is -0.199. The molecule has 1 aromatic rings. The molecule has 1 aromatic heterocycles. The molecule has 0 aliphatic heterocycles. The Bertz CT molecular complexity index is 432. The van der Waals surface area contributed by atoms with Crippen LogP contribution in [0.4, 0.5) is 13.2 Å². The van der Waals surface area contributed by atoms with Crippen molar-refractivity contribution in [2.75, 3.05) is 6.54 Å². The van der Waals surface area contributed by atoms with Gasteiger partial charge in [0.1, 0.15) is 0 Å². The molecule has 1 aliphatic carbocycles. The van der Waals surface area contributed by atoms with Crippen LogP contribution in [0.25, 0.3) is 0 Å². The van der Waals surface area contributed by atoms with Gasteiger partial charge in [-0.1, -0.05) is 19.8 Å². The maximum Gasteiger partial charge on any atom is 0.392 e. The Hall–Kier alpha value is -0.0700. The SMILES string of the molecule is CCNC(c1sccc1Br)C1CCCCC1C(F)(F)F. The molecule has 1 aliphatic rings. The summed E-state index contributed by atoms with van der Waals surface area (Å²) in [7, 11) is 0. The van der Waals surface area contributed by atoms with Crippen molar-refractivity contribution in [1.29, 1.82) is 0 Å². The fourth-order valence-corrected chi connectivity index (χ4v) is 4.92. The molecule has 0 amide bonds. The van der Waals surface area contributed by atoms with Gasteiger partial charge in [0.15, 0.2) is 0 Å². The zero-order chi connectivity index (χ0) is 14.8. The molecular weight excluding hydrogens is 351 g/mol. The van der Waals surface area contributed by atoms with E-state index in [2.05, 4.69) is 21.2 Å². The van der Waals surface area contributed by atoms with Gasteiger partial charge in [-0.3, -0.25) is 0 Å². The van der Waals surface area contributed by atoms with Crippen LogP contribution >= 0.6 is 27.3 Å². The molecule has 0 saturated heterocycles. The summed E-state index contributed by atoms with van der Waals surface area (Å²) in [5, 5.41) is 5.20. The van der Waals surface area contributed by atoms with E-state index in [0.717, 1.165) is 15.8 Å². The molecular formula is C14H19BrF3NS. The molecule has 20 heavy (non-hydrogen) atoms. The molecule has 1 heterocycles. The summed E-state index contributed by atoms with van der Waals surface area (Å²) >= 11 is 4.99. The van der Waals surface area contributed by atoms with E-state index in [4.69, 9.17) is 0 Å². The van der Waals surface area contributed by atoms with Crippen molar-refractivity contribution in [2.24, 2.45) is 11.8 Å². The van der Waals surface area contributed by atoms with E-state index in [1.807, 2.05) is 18.4 Å². The van der Waals surface area contributed by atoms with Crippen molar-refractivity contribution in [3.05, 3.63) is 20.8 Å². The van der Waals surface area contributed by atoms with Gasteiger partial charge in [0.25, 0.3) is 0 Å². The molecule has 0 spiro atoms. The smallest absolute Gasteiger partial charge is 0.309 e. The van der Waals surface area contributed by atoms with Crippen LogP contribution in [0, 0.1) is 11.8 Å². The van der Waals surface area contributed by atoms with Crippen molar-refractivity contribution >= 4 is 27.3 Å². The fraction of sp³-hybridized carbons (Fsp3) is 0.714. The largest absolute Gasteiger partial charge is 0.392 e. The Kier molecular flexibility index (Phi) is 5.54. The first-order valence-corrected chi connectivity index (χ1v) is 8.65. The molecule has 3 unspecified atom stereocenters.